The van der Waals surface area contributed by atoms with E-state index in [1.54, 1.807) is 29.0 Å². The number of hydrogen-bond donors (Lipinski definition) is 1. The maximum absolute atomic E-state index is 13.2. The first-order valence-corrected chi connectivity index (χ1v) is 14.4. The second kappa shape index (κ2) is 13.5. The monoisotopic (exact) mass is 571 g/mol. The Morgan fingerprint density at radius 3 is 2.62 bits per heavy atom. The maximum atomic E-state index is 13.2. The van der Waals surface area contributed by atoms with Crippen molar-refractivity contribution in [2.45, 2.75) is 44.9 Å². The molecule has 0 aromatic heterocycles. The van der Waals surface area contributed by atoms with Crippen molar-refractivity contribution in [1.82, 2.24) is 15.1 Å². The number of ether oxygens (including phenoxy) is 3. The van der Waals surface area contributed by atoms with Crippen LogP contribution in [-0.2, 0) is 27.4 Å². The number of rotatable bonds is 3. The number of piperidine rings is 1. The summed E-state index contributed by atoms with van der Waals surface area (Å²) in [5, 5.41) is 3.10. The van der Waals surface area contributed by atoms with Crippen LogP contribution in [0.1, 0.15) is 41.3 Å². The second-order valence-corrected chi connectivity index (χ2v) is 10.6. The van der Waals surface area contributed by atoms with Crippen LogP contribution in [0.5, 0.6) is 17.2 Å². The molecule has 0 unspecified atom stereocenters. The largest absolute Gasteiger partial charge is 0.493 e. The molecular weight excluding hydrogens is 534 g/mol. The molecule has 3 aromatic carbocycles. The highest BCUT2D eigenvalue weighted by atomic mass is 16.5. The van der Waals surface area contributed by atoms with E-state index in [1.165, 1.54) is 0 Å². The summed E-state index contributed by atoms with van der Waals surface area (Å²) in [6, 6.07) is 22.1. The van der Waals surface area contributed by atoms with Gasteiger partial charge in [-0.05, 0) is 67.3 Å². The Morgan fingerprint density at radius 1 is 1.00 bits per heavy atom. The highest BCUT2D eigenvalue weighted by molar-refractivity contribution is 5.94. The Bertz CT molecular complexity index is 1410. The van der Waals surface area contributed by atoms with E-state index in [4.69, 9.17) is 14.2 Å². The molecule has 0 spiro atoms. The molecule has 0 aliphatic carbocycles. The minimum atomic E-state index is -0.443. The molecule has 2 aliphatic heterocycles. The molecule has 3 amide bonds. The molecule has 1 saturated heterocycles. The number of fused-ring (bicyclic) bond motifs is 5. The zero-order valence-electron chi connectivity index (χ0n) is 24.1. The van der Waals surface area contributed by atoms with Crippen LogP contribution in [0.2, 0.25) is 0 Å². The first kappa shape index (κ1) is 29.1. The molecule has 2 aliphatic rings. The zero-order valence-corrected chi connectivity index (χ0v) is 24.1. The molecular formula is C33H37N3O6. The van der Waals surface area contributed by atoms with Crippen molar-refractivity contribution in [1.29, 1.82) is 0 Å². The van der Waals surface area contributed by atoms with Crippen LogP contribution < -0.4 is 14.8 Å². The fourth-order valence-corrected chi connectivity index (χ4v) is 5.40. The van der Waals surface area contributed by atoms with Gasteiger partial charge in [-0.1, -0.05) is 36.4 Å². The highest BCUT2D eigenvalue weighted by Gasteiger charge is 2.34. The van der Waals surface area contributed by atoms with E-state index in [9.17, 15) is 14.4 Å². The van der Waals surface area contributed by atoms with E-state index >= 15 is 0 Å². The number of nitrogens with one attached hydrogen (secondary N) is 1. The molecule has 9 nitrogen and oxygen atoms in total. The van der Waals surface area contributed by atoms with Crippen LogP contribution >= 0.6 is 0 Å². The minimum absolute atomic E-state index is 0.0375. The van der Waals surface area contributed by atoms with Crippen molar-refractivity contribution in [3.63, 3.8) is 0 Å². The number of benzene rings is 3. The number of aryl methyl sites for hydroxylation is 1. The molecule has 42 heavy (non-hydrogen) atoms. The van der Waals surface area contributed by atoms with E-state index in [0.717, 1.165) is 11.1 Å². The smallest absolute Gasteiger partial charge is 0.253 e. The number of methoxy groups -OCH3 is 1. The number of likely N-dealkylation sites (tertiary alicyclic amines) is 1. The number of amides is 3. The van der Waals surface area contributed by atoms with Gasteiger partial charge in [0.2, 0.25) is 11.8 Å². The lowest BCUT2D eigenvalue weighted by Gasteiger charge is -2.39. The molecule has 4 bridgehead atoms. The summed E-state index contributed by atoms with van der Waals surface area (Å²) in [6.45, 7) is 3.32. The van der Waals surface area contributed by atoms with Crippen LogP contribution in [0.4, 0.5) is 0 Å². The van der Waals surface area contributed by atoms with Crippen LogP contribution in [0.3, 0.4) is 0 Å². The quantitative estimate of drug-likeness (QED) is 0.506. The topological polar surface area (TPSA) is 97.4 Å². The van der Waals surface area contributed by atoms with Gasteiger partial charge in [0, 0.05) is 31.6 Å². The molecule has 0 saturated carbocycles. The van der Waals surface area contributed by atoms with E-state index in [0.29, 0.717) is 55.3 Å². The number of carbonyl (C=O) groups is 3. The summed E-state index contributed by atoms with van der Waals surface area (Å²) in [5.74, 6) is 1.34. The summed E-state index contributed by atoms with van der Waals surface area (Å²) in [4.78, 5) is 42.8. The first-order chi connectivity index (χ1) is 20.4. The number of likely N-dealkylation sites (N-methyl/N-ethyl adjacent to an activating group) is 1. The fraction of sp³-hybridized carbons (Fsp3) is 0.364. The van der Waals surface area contributed by atoms with Crippen LogP contribution in [0.25, 0.3) is 0 Å². The molecule has 1 N–H and O–H groups in total. The maximum Gasteiger partial charge on any atom is 0.253 e. The summed E-state index contributed by atoms with van der Waals surface area (Å²) in [7, 11) is 1.59. The number of nitrogens with zero attached hydrogens (tertiary/aromatic N) is 2. The van der Waals surface area contributed by atoms with Crippen molar-refractivity contribution in [2.75, 3.05) is 33.3 Å². The van der Waals surface area contributed by atoms with E-state index in [-0.39, 0.29) is 43.3 Å². The zero-order chi connectivity index (χ0) is 29.5. The molecule has 9 heteroatoms. The third-order valence-electron chi connectivity index (χ3n) is 7.73. The van der Waals surface area contributed by atoms with Crippen LogP contribution in [0, 0.1) is 0 Å². The highest BCUT2D eigenvalue weighted by Crippen LogP contribution is 2.33. The van der Waals surface area contributed by atoms with Crippen molar-refractivity contribution in [3.05, 3.63) is 89.5 Å². The summed E-state index contributed by atoms with van der Waals surface area (Å²) < 4.78 is 18.1. The fourth-order valence-electron chi connectivity index (χ4n) is 5.40. The minimum Gasteiger partial charge on any atom is -0.493 e. The van der Waals surface area contributed by atoms with Gasteiger partial charge in [-0.15, -0.1) is 0 Å². The SMILES string of the molecule is CCN1CC(=O)N[C@H]2CCN(C(=O)c3ccccc3)C[C@@H]2OCc2cccc(c2)Oc2cc(ccc2OC)CCC1=O. The average molecular weight is 572 g/mol. The number of carbonyl (C=O) groups excluding carboxylic acids is 3. The van der Waals surface area contributed by atoms with Gasteiger partial charge in [-0.3, -0.25) is 14.4 Å². The lowest BCUT2D eigenvalue weighted by atomic mass is 10.00. The normalized spacial score (nSPS) is 20.0. The molecule has 3 aromatic rings. The van der Waals surface area contributed by atoms with Crippen LogP contribution in [0.15, 0.2) is 72.8 Å². The molecule has 2 atom stereocenters. The van der Waals surface area contributed by atoms with Crippen molar-refractivity contribution in [2.24, 2.45) is 0 Å². The summed E-state index contributed by atoms with van der Waals surface area (Å²) in [5.41, 5.74) is 2.43. The lowest BCUT2D eigenvalue weighted by molar-refractivity contribution is -0.136. The van der Waals surface area contributed by atoms with Gasteiger partial charge >= 0.3 is 0 Å². The van der Waals surface area contributed by atoms with E-state index < -0.39 is 6.10 Å². The Hall–Kier alpha value is -4.37. The van der Waals surface area contributed by atoms with Gasteiger partial charge in [0.25, 0.3) is 5.91 Å². The Balaban J connectivity index is 1.42. The predicted octanol–water partition coefficient (Wildman–Crippen LogP) is 4.20. The van der Waals surface area contributed by atoms with Gasteiger partial charge in [0.1, 0.15) is 5.75 Å². The average Bonchev–Trinajstić information content (AvgIpc) is 3.02. The first-order valence-electron chi connectivity index (χ1n) is 14.4. The third kappa shape index (κ3) is 7.09. The third-order valence-corrected chi connectivity index (χ3v) is 7.73. The van der Waals surface area contributed by atoms with Gasteiger partial charge in [-0.2, -0.15) is 0 Å². The molecule has 5 rings (SSSR count). The lowest BCUT2D eigenvalue weighted by Crippen LogP contribution is -2.57. The number of hydrogen-bond acceptors (Lipinski definition) is 6. The Kier molecular flexibility index (Phi) is 9.38. The molecule has 220 valence electrons. The van der Waals surface area contributed by atoms with Gasteiger partial charge in [0.15, 0.2) is 11.5 Å². The van der Waals surface area contributed by atoms with E-state index in [2.05, 4.69) is 5.32 Å². The standard InChI is InChI=1S/C33H37N3O6/c1-3-35-21-31(37)34-27-16-17-36(33(39)25-9-5-4-6-10-25)20-30(27)41-22-24-8-7-11-26(18-24)42-29-19-23(13-15-32(35)38)12-14-28(29)40-2/h4-12,14,18-19,27,30H,3,13,15-17,20-22H2,1-2H3,(H,34,37)/t27-,30-/m0/s1. The predicted molar refractivity (Wildman–Crippen MR) is 158 cm³/mol. The Morgan fingerprint density at radius 2 is 1.83 bits per heavy atom. The van der Waals surface area contributed by atoms with Crippen molar-refractivity contribution in [3.8, 4) is 17.2 Å². The second-order valence-electron chi connectivity index (χ2n) is 10.6. The van der Waals surface area contributed by atoms with Gasteiger partial charge in [0.05, 0.1) is 32.4 Å². The van der Waals surface area contributed by atoms with Gasteiger partial charge in [-0.25, -0.2) is 0 Å². The van der Waals surface area contributed by atoms with Crippen molar-refractivity contribution < 1.29 is 28.6 Å². The van der Waals surface area contributed by atoms with Gasteiger partial charge < -0.3 is 29.3 Å². The summed E-state index contributed by atoms with van der Waals surface area (Å²) >= 11 is 0. The van der Waals surface area contributed by atoms with E-state index in [1.807, 2.05) is 67.6 Å². The molecule has 0 radical (unpaired) electrons. The Labute approximate surface area is 246 Å². The van der Waals surface area contributed by atoms with Crippen molar-refractivity contribution >= 4 is 17.7 Å². The molecule has 1 fully saturated rings. The summed E-state index contributed by atoms with van der Waals surface area (Å²) in [6.07, 6.45) is 0.850. The van der Waals surface area contributed by atoms with Crippen LogP contribution in [-0.4, -0.2) is 73.0 Å². The molecule has 2 heterocycles.